The Balaban J connectivity index is -0.0000000369. The number of aliphatic hydroxyl groups excluding tert-OH is 1. The molecular weight excluding hydrogens is 430 g/mol. The number of rotatable bonds is 0. The molecule has 0 bridgehead atoms. The van der Waals surface area contributed by atoms with E-state index in [0.29, 0.717) is 0 Å². The van der Waals surface area contributed by atoms with Crippen LogP contribution >= 0.6 is 24.8 Å². The molecule has 2 aliphatic carbocycles. The first-order valence-corrected chi connectivity index (χ1v) is 15.3. The Morgan fingerprint density at radius 3 is 1.18 bits per heavy atom. The van der Waals surface area contributed by atoms with Gasteiger partial charge in [-0.05, 0) is 19.6 Å². The predicted octanol–water partition coefficient (Wildman–Crippen LogP) is 3.41. The van der Waals surface area contributed by atoms with Crippen LogP contribution in [-0.2, 0) is 23.3 Å². The van der Waals surface area contributed by atoms with Crippen LogP contribution in [0.15, 0.2) is 36.5 Å². The summed E-state index contributed by atoms with van der Waals surface area (Å²) >= 11 is 1.58. The molecule has 0 aromatic carbocycles. The van der Waals surface area contributed by atoms with E-state index in [2.05, 4.69) is 24.3 Å². The molecule has 7 heteroatoms. The van der Waals surface area contributed by atoms with E-state index in [4.69, 9.17) is 9.90 Å². The number of hydrogen-bond acceptors (Lipinski definition) is 2. The van der Waals surface area contributed by atoms with Crippen LogP contribution < -0.4 is 0 Å². The van der Waals surface area contributed by atoms with Crippen LogP contribution in [-0.4, -0.2) is 32.2 Å². The molecule has 0 spiro atoms. The van der Waals surface area contributed by atoms with Gasteiger partial charge in [-0.3, -0.25) is 12.2 Å². The summed E-state index contributed by atoms with van der Waals surface area (Å²) in [6, 6.07) is 0. The molecule has 0 saturated heterocycles. The summed E-state index contributed by atoms with van der Waals surface area (Å²) in [4.78, 5) is 8.66. The Morgan fingerprint density at radius 2 is 1.14 bits per heavy atom. The summed E-state index contributed by atoms with van der Waals surface area (Å²) in [6.45, 7) is 7.60. The molecule has 0 aromatic rings. The van der Waals surface area contributed by atoms with Crippen LogP contribution in [0.2, 0.25) is 19.6 Å². The van der Waals surface area contributed by atoms with Crippen molar-refractivity contribution in [2.24, 2.45) is 0 Å². The Bertz CT molecular complexity index is 242. The van der Waals surface area contributed by atoms with Crippen LogP contribution in [0.4, 0.5) is 0 Å². The third-order valence-corrected chi connectivity index (χ3v) is 1.17. The third-order valence-electron chi connectivity index (χ3n) is 1.17. The van der Waals surface area contributed by atoms with Crippen LogP contribution in [0.1, 0.15) is 12.8 Å². The Kier molecular flexibility index (Phi) is 58.3. The van der Waals surface area contributed by atoms with Gasteiger partial charge in [0.1, 0.15) is 0 Å². The fourth-order valence-electron chi connectivity index (χ4n) is 0.680. The summed E-state index contributed by atoms with van der Waals surface area (Å²) in [5.41, 5.74) is 0. The molecule has 0 saturated carbocycles. The zero-order chi connectivity index (χ0) is 15.6. The van der Waals surface area contributed by atoms with E-state index in [9.17, 15) is 0 Å². The van der Waals surface area contributed by atoms with Crippen LogP contribution in [0.3, 0.4) is 0 Å². The number of allylic oxidation sites excluding steroid dienone is 8. The van der Waals surface area contributed by atoms with Gasteiger partial charge in [-0.2, -0.15) is 12.2 Å². The van der Waals surface area contributed by atoms with Gasteiger partial charge in [-0.1, -0.05) is 0 Å². The van der Waals surface area contributed by atoms with Gasteiger partial charge in [0, 0.05) is 7.11 Å². The van der Waals surface area contributed by atoms with Gasteiger partial charge >= 0.3 is 30.2 Å². The predicted molar refractivity (Wildman–Crippen MR) is 106 cm³/mol. The second-order valence-corrected chi connectivity index (χ2v) is 8.52. The SMILES string of the molecule is CO.C[Si](C)(C)O.Cl.Cl.[C-]1=CC=CC1.[C-]1=CC=CC1.[CH3-].[SiH2]=[Zr]. The summed E-state index contributed by atoms with van der Waals surface area (Å²) in [7, 11) is -0.611. The summed E-state index contributed by atoms with van der Waals surface area (Å²) in [5.74, 6) is 0. The van der Waals surface area contributed by atoms with Crippen molar-refractivity contribution >= 4 is 40.0 Å². The van der Waals surface area contributed by atoms with E-state index in [1.54, 1.807) is 23.3 Å². The van der Waals surface area contributed by atoms with E-state index in [0.717, 1.165) is 20.0 Å². The molecule has 2 nitrogen and oxygen atoms in total. The first kappa shape index (κ1) is 38.4. The van der Waals surface area contributed by atoms with Crippen molar-refractivity contribution in [3.05, 3.63) is 56.0 Å². The Morgan fingerprint density at radius 1 is 0.909 bits per heavy atom. The molecule has 2 aliphatic rings. The molecule has 2 rings (SSSR count). The van der Waals surface area contributed by atoms with E-state index in [1.807, 2.05) is 50.8 Å². The molecule has 0 fully saturated rings. The van der Waals surface area contributed by atoms with E-state index < -0.39 is 8.32 Å². The minimum absolute atomic E-state index is 0. The standard InChI is InChI=1S/2C5H5.C3H10OSi.CH4O.CH3.2ClH.H2Si.Zr/c2*1-2-4-5-3-1;1-5(2,3)4;1-2;;;;;/h2*1-3H,4H2;4H,1-3H3;2H,1H3;1H3;2*1H;1H2;/q2*-1;;;-1;;;;. The van der Waals surface area contributed by atoms with Crippen molar-refractivity contribution < 1.29 is 33.2 Å². The van der Waals surface area contributed by atoms with Crippen molar-refractivity contribution in [2.45, 2.75) is 32.5 Å². The van der Waals surface area contributed by atoms with Gasteiger partial charge in [-0.25, -0.2) is 24.3 Å². The second kappa shape index (κ2) is 33.4. The second-order valence-electron chi connectivity index (χ2n) is 4.18. The van der Waals surface area contributed by atoms with E-state index in [1.165, 1.54) is 0 Å². The van der Waals surface area contributed by atoms with Crippen LogP contribution in [0, 0.1) is 19.6 Å². The molecule has 0 heterocycles. The maximum atomic E-state index is 8.66. The fourth-order valence-corrected chi connectivity index (χ4v) is 0.680. The van der Waals surface area contributed by atoms with Crippen molar-refractivity contribution in [2.75, 3.05) is 7.11 Å². The summed E-state index contributed by atoms with van der Waals surface area (Å²) in [6.07, 6.45) is 20.0. The number of aliphatic hydroxyl groups is 1. The average Bonchev–Trinajstić information content (AvgIpc) is 3.10. The quantitative estimate of drug-likeness (QED) is 0.429. The molecule has 2 N–H and O–H groups in total. The first-order valence-electron chi connectivity index (χ1n) is 5.96. The van der Waals surface area contributed by atoms with Crippen molar-refractivity contribution in [1.29, 1.82) is 0 Å². The molecule has 0 aromatic heterocycles. The fraction of sp³-hybridized carbons (Fsp3) is 0.400. The summed E-state index contributed by atoms with van der Waals surface area (Å²) in [5, 5.41) is 7.00. The molecule has 0 radical (unpaired) electrons. The molecule has 0 amide bonds. The number of halogens is 2. The molecule has 0 unspecified atom stereocenters. The van der Waals surface area contributed by atoms with Gasteiger partial charge in [-0.15, -0.1) is 37.7 Å². The zero-order valence-electron chi connectivity index (χ0n) is 14.3. The van der Waals surface area contributed by atoms with Gasteiger partial charge in [0.25, 0.3) is 0 Å². The average molecular weight is 462 g/mol. The Labute approximate surface area is 168 Å². The number of hydrogen-bond donors (Lipinski definition) is 2. The molecule has 132 valence electrons. The van der Waals surface area contributed by atoms with Gasteiger partial charge < -0.3 is 17.3 Å². The van der Waals surface area contributed by atoms with Gasteiger partial charge in [0.2, 0.25) is 0 Å². The molecule has 22 heavy (non-hydrogen) atoms. The normalized spacial score (nSPS) is 11.1. The minimum atomic E-state index is -1.61. The van der Waals surface area contributed by atoms with Crippen LogP contribution in [0.5, 0.6) is 0 Å². The first-order chi connectivity index (χ1) is 9.00. The maximum absolute atomic E-state index is 8.66. The summed E-state index contributed by atoms with van der Waals surface area (Å²) < 4.78 is 0. The zero-order valence-corrected chi connectivity index (χ0v) is 20.8. The van der Waals surface area contributed by atoms with Crippen molar-refractivity contribution in [1.82, 2.24) is 0 Å². The van der Waals surface area contributed by atoms with E-state index >= 15 is 0 Å². The van der Waals surface area contributed by atoms with Crippen molar-refractivity contribution in [3.8, 4) is 0 Å². The molecular formula is C15H31Cl2O2Si2Zr-3. The monoisotopic (exact) mass is 459 g/mol. The van der Waals surface area contributed by atoms with Gasteiger partial charge in [0.05, 0.1) is 0 Å². The molecule has 0 aliphatic heterocycles. The van der Waals surface area contributed by atoms with E-state index in [-0.39, 0.29) is 32.2 Å². The van der Waals surface area contributed by atoms with Crippen molar-refractivity contribution in [3.63, 3.8) is 0 Å². The van der Waals surface area contributed by atoms with Gasteiger partial charge in [0.15, 0.2) is 8.32 Å². The van der Waals surface area contributed by atoms with Crippen LogP contribution in [0.25, 0.3) is 0 Å². The Hall–Kier alpha value is 0.777. The topological polar surface area (TPSA) is 40.5 Å². The third kappa shape index (κ3) is 70.0. The molecule has 0 atom stereocenters.